The van der Waals surface area contributed by atoms with Crippen LogP contribution in [0.2, 0.25) is 5.02 Å². The molecule has 6 heteroatoms. The van der Waals surface area contributed by atoms with Gasteiger partial charge in [0.2, 0.25) is 5.91 Å². The molecule has 0 aliphatic rings. The van der Waals surface area contributed by atoms with Crippen molar-refractivity contribution in [2.45, 2.75) is 20.3 Å². The topological polar surface area (TPSA) is 59.9 Å². The minimum Gasteiger partial charge on any atom is -0.493 e. The van der Waals surface area contributed by atoms with Gasteiger partial charge in [-0.3, -0.25) is 4.79 Å². The number of hydrazone groups is 1. The highest BCUT2D eigenvalue weighted by Crippen LogP contribution is 2.21. The van der Waals surface area contributed by atoms with Crippen molar-refractivity contribution >= 4 is 23.7 Å². The van der Waals surface area contributed by atoms with Crippen LogP contribution in [0.5, 0.6) is 11.5 Å². The molecular weight excluding hydrogens is 340 g/mol. The molecule has 2 aromatic rings. The van der Waals surface area contributed by atoms with E-state index >= 15 is 0 Å². The molecule has 0 aliphatic heterocycles. The van der Waals surface area contributed by atoms with Crippen LogP contribution in [-0.2, 0) is 4.79 Å². The van der Waals surface area contributed by atoms with Gasteiger partial charge in [-0.1, -0.05) is 23.7 Å². The summed E-state index contributed by atoms with van der Waals surface area (Å²) in [6, 6.07) is 13.1. The van der Waals surface area contributed by atoms with Gasteiger partial charge in [0.15, 0.2) is 0 Å². The number of ether oxygens (including phenoxy) is 2. The molecule has 0 bridgehead atoms. The molecule has 1 N–H and O–H groups in total. The van der Waals surface area contributed by atoms with E-state index < -0.39 is 0 Å². The Kier molecular flexibility index (Phi) is 7.29. The normalized spacial score (nSPS) is 10.7. The van der Waals surface area contributed by atoms with Crippen molar-refractivity contribution in [2.75, 3.05) is 13.2 Å². The summed E-state index contributed by atoms with van der Waals surface area (Å²) in [5, 5.41) is 4.56. The number of hydrogen-bond acceptors (Lipinski definition) is 4. The molecule has 2 aromatic carbocycles. The van der Waals surface area contributed by atoms with Gasteiger partial charge in [-0.25, -0.2) is 5.43 Å². The van der Waals surface area contributed by atoms with Crippen molar-refractivity contribution in [3.63, 3.8) is 0 Å². The summed E-state index contributed by atoms with van der Waals surface area (Å²) in [6.07, 6.45) is 2.33. The molecule has 0 heterocycles. The molecule has 0 saturated heterocycles. The number of benzene rings is 2. The quantitative estimate of drug-likeness (QED) is 0.440. The van der Waals surface area contributed by atoms with Crippen LogP contribution in [-0.4, -0.2) is 25.3 Å². The van der Waals surface area contributed by atoms with Gasteiger partial charge in [0.25, 0.3) is 0 Å². The Hall–Kier alpha value is -2.53. The second-order valence-corrected chi connectivity index (χ2v) is 5.87. The Balaban J connectivity index is 1.73. The first kappa shape index (κ1) is 18.8. The summed E-state index contributed by atoms with van der Waals surface area (Å²) in [6.45, 7) is 4.45. The fourth-order valence-corrected chi connectivity index (χ4v) is 2.15. The predicted molar refractivity (Wildman–Crippen MR) is 99.6 cm³/mol. The zero-order valence-electron chi connectivity index (χ0n) is 14.3. The lowest BCUT2D eigenvalue weighted by molar-refractivity contribution is -0.118. The molecule has 5 nitrogen and oxygen atoms in total. The molecule has 1 amide bonds. The number of nitrogens with one attached hydrogen (secondary N) is 1. The Bertz CT molecular complexity index is 747. The molecule has 0 aliphatic carbocycles. The van der Waals surface area contributed by atoms with Crippen LogP contribution in [0.3, 0.4) is 0 Å². The van der Waals surface area contributed by atoms with Crippen LogP contribution < -0.4 is 14.9 Å². The third-order valence-corrected chi connectivity index (χ3v) is 3.67. The molecule has 0 unspecified atom stereocenters. The van der Waals surface area contributed by atoms with Crippen molar-refractivity contribution in [1.82, 2.24) is 5.43 Å². The van der Waals surface area contributed by atoms with Crippen LogP contribution in [0.15, 0.2) is 47.6 Å². The lowest BCUT2D eigenvalue weighted by atomic mass is 10.2. The van der Waals surface area contributed by atoms with Crippen LogP contribution in [0.25, 0.3) is 0 Å². The van der Waals surface area contributed by atoms with Gasteiger partial charge in [0.05, 0.1) is 19.4 Å². The number of rotatable bonds is 8. The fourth-order valence-electron chi connectivity index (χ4n) is 2.03. The van der Waals surface area contributed by atoms with E-state index in [2.05, 4.69) is 10.5 Å². The first-order chi connectivity index (χ1) is 12.0. The summed E-state index contributed by atoms with van der Waals surface area (Å²) < 4.78 is 11.4. The van der Waals surface area contributed by atoms with E-state index in [0.717, 1.165) is 34.1 Å². The number of carbonyl (C=O) groups excluding carboxylic acids is 1. The van der Waals surface area contributed by atoms with E-state index in [-0.39, 0.29) is 5.91 Å². The fraction of sp³-hybridized carbons (Fsp3) is 0.263. The van der Waals surface area contributed by atoms with Gasteiger partial charge in [0.1, 0.15) is 11.5 Å². The maximum absolute atomic E-state index is 10.8. The number of halogens is 1. The minimum absolute atomic E-state index is 0.209. The SMILES string of the molecule is CC(=O)N/N=C\c1cccc(OCCCOc2ccc(Cl)c(C)c2)c1. The van der Waals surface area contributed by atoms with Crippen LogP contribution in [0.1, 0.15) is 24.5 Å². The maximum atomic E-state index is 10.8. The maximum Gasteiger partial charge on any atom is 0.236 e. The molecular formula is C19H21ClN2O3. The third kappa shape index (κ3) is 6.85. The number of hydrogen-bond donors (Lipinski definition) is 1. The highest BCUT2D eigenvalue weighted by molar-refractivity contribution is 6.31. The van der Waals surface area contributed by atoms with Gasteiger partial charge >= 0.3 is 0 Å². The number of nitrogens with zero attached hydrogens (tertiary/aromatic N) is 1. The minimum atomic E-state index is -0.209. The number of amides is 1. The molecule has 0 saturated carbocycles. The average Bonchev–Trinajstić information content (AvgIpc) is 2.58. The van der Waals surface area contributed by atoms with Crippen molar-refractivity contribution in [2.24, 2.45) is 5.10 Å². The van der Waals surface area contributed by atoms with Gasteiger partial charge < -0.3 is 9.47 Å². The summed E-state index contributed by atoms with van der Waals surface area (Å²) in [7, 11) is 0. The highest BCUT2D eigenvalue weighted by Gasteiger charge is 2.00. The molecule has 25 heavy (non-hydrogen) atoms. The second-order valence-electron chi connectivity index (χ2n) is 5.46. The van der Waals surface area contributed by atoms with Gasteiger partial charge in [-0.05, 0) is 48.4 Å². The second kappa shape index (κ2) is 9.69. The van der Waals surface area contributed by atoms with Crippen molar-refractivity contribution in [3.05, 3.63) is 58.6 Å². The van der Waals surface area contributed by atoms with Crippen molar-refractivity contribution < 1.29 is 14.3 Å². The van der Waals surface area contributed by atoms with E-state index in [1.807, 2.05) is 49.4 Å². The highest BCUT2D eigenvalue weighted by atomic mass is 35.5. The Morgan fingerprint density at radius 2 is 1.88 bits per heavy atom. The zero-order valence-corrected chi connectivity index (χ0v) is 15.0. The lowest BCUT2D eigenvalue weighted by Gasteiger charge is -2.09. The van der Waals surface area contributed by atoms with Crippen LogP contribution >= 0.6 is 11.6 Å². The summed E-state index contributed by atoms with van der Waals surface area (Å²) in [5.41, 5.74) is 4.20. The van der Waals surface area contributed by atoms with E-state index in [1.165, 1.54) is 6.92 Å². The lowest BCUT2D eigenvalue weighted by Crippen LogP contribution is -2.12. The molecule has 0 radical (unpaired) electrons. The Morgan fingerprint density at radius 3 is 2.56 bits per heavy atom. The van der Waals surface area contributed by atoms with Crippen molar-refractivity contribution in [3.8, 4) is 11.5 Å². The van der Waals surface area contributed by atoms with Crippen molar-refractivity contribution in [1.29, 1.82) is 0 Å². The average molecular weight is 361 g/mol. The Labute approximate surface area is 152 Å². The van der Waals surface area contributed by atoms with E-state index in [4.69, 9.17) is 21.1 Å². The zero-order chi connectivity index (χ0) is 18.1. The predicted octanol–water partition coefficient (Wildman–Crippen LogP) is 3.97. The summed E-state index contributed by atoms with van der Waals surface area (Å²) in [5.74, 6) is 1.34. The molecule has 0 spiro atoms. The van der Waals surface area contributed by atoms with E-state index in [0.29, 0.717) is 13.2 Å². The third-order valence-electron chi connectivity index (χ3n) is 3.25. The number of aryl methyl sites for hydroxylation is 1. The van der Waals surface area contributed by atoms with Crippen LogP contribution in [0.4, 0.5) is 0 Å². The first-order valence-corrected chi connectivity index (χ1v) is 8.34. The standard InChI is InChI=1S/C19H21ClN2O3/c1-14-11-18(7-8-19(14)20)25-10-4-9-24-17-6-3-5-16(12-17)13-21-22-15(2)23/h3,5-8,11-13H,4,9-10H2,1-2H3,(H,22,23)/b21-13-. The summed E-state index contributed by atoms with van der Waals surface area (Å²) in [4.78, 5) is 10.8. The molecule has 0 aromatic heterocycles. The van der Waals surface area contributed by atoms with Gasteiger partial charge in [-0.15, -0.1) is 0 Å². The molecule has 0 atom stereocenters. The Morgan fingerprint density at radius 1 is 1.16 bits per heavy atom. The molecule has 132 valence electrons. The number of carbonyl (C=O) groups is 1. The van der Waals surface area contributed by atoms with E-state index in [9.17, 15) is 4.79 Å². The van der Waals surface area contributed by atoms with E-state index in [1.54, 1.807) is 6.21 Å². The molecule has 0 fully saturated rings. The van der Waals surface area contributed by atoms with Gasteiger partial charge in [0, 0.05) is 18.4 Å². The van der Waals surface area contributed by atoms with Gasteiger partial charge in [-0.2, -0.15) is 5.10 Å². The summed E-state index contributed by atoms with van der Waals surface area (Å²) >= 11 is 5.99. The molecule has 2 rings (SSSR count). The largest absolute Gasteiger partial charge is 0.493 e. The first-order valence-electron chi connectivity index (χ1n) is 7.96. The smallest absolute Gasteiger partial charge is 0.236 e. The monoisotopic (exact) mass is 360 g/mol. The van der Waals surface area contributed by atoms with Crippen LogP contribution in [0, 0.1) is 6.92 Å².